The van der Waals surface area contributed by atoms with Crippen LogP contribution in [0, 0.1) is 5.82 Å². The zero-order chi connectivity index (χ0) is 13.0. The van der Waals surface area contributed by atoms with E-state index in [2.05, 4.69) is 0 Å². The van der Waals surface area contributed by atoms with E-state index < -0.39 is 17.8 Å². The molecule has 0 bridgehead atoms. The Morgan fingerprint density at radius 1 is 1.59 bits per heavy atom. The SMILES string of the molecule is COc1cc(C(N)CCC(=O)O)c(F)cc1O. The minimum Gasteiger partial charge on any atom is -0.504 e. The van der Waals surface area contributed by atoms with Gasteiger partial charge in [0.1, 0.15) is 5.82 Å². The van der Waals surface area contributed by atoms with E-state index in [4.69, 9.17) is 15.6 Å². The van der Waals surface area contributed by atoms with Crippen molar-refractivity contribution in [2.75, 3.05) is 7.11 Å². The molecule has 17 heavy (non-hydrogen) atoms. The number of benzene rings is 1. The summed E-state index contributed by atoms with van der Waals surface area (Å²) in [5.41, 5.74) is 5.80. The summed E-state index contributed by atoms with van der Waals surface area (Å²) in [7, 11) is 1.33. The maximum absolute atomic E-state index is 13.5. The molecule has 1 aromatic rings. The van der Waals surface area contributed by atoms with Gasteiger partial charge < -0.3 is 20.7 Å². The van der Waals surface area contributed by atoms with E-state index in [0.29, 0.717) is 0 Å². The zero-order valence-electron chi connectivity index (χ0n) is 9.31. The van der Waals surface area contributed by atoms with Crippen molar-refractivity contribution in [1.29, 1.82) is 0 Å². The summed E-state index contributed by atoms with van der Waals surface area (Å²) in [5, 5.41) is 17.8. The van der Waals surface area contributed by atoms with E-state index in [-0.39, 0.29) is 29.9 Å². The van der Waals surface area contributed by atoms with Crippen LogP contribution < -0.4 is 10.5 Å². The van der Waals surface area contributed by atoms with Gasteiger partial charge in [-0.15, -0.1) is 0 Å². The van der Waals surface area contributed by atoms with Crippen LogP contribution in [-0.2, 0) is 4.79 Å². The molecule has 0 saturated carbocycles. The summed E-state index contributed by atoms with van der Waals surface area (Å²) in [6, 6.07) is 1.42. The number of hydrogen-bond donors (Lipinski definition) is 3. The lowest BCUT2D eigenvalue weighted by Gasteiger charge is -2.14. The fraction of sp³-hybridized carbons (Fsp3) is 0.364. The molecule has 0 aromatic heterocycles. The summed E-state index contributed by atoms with van der Waals surface area (Å²) >= 11 is 0. The highest BCUT2D eigenvalue weighted by Crippen LogP contribution is 2.31. The van der Waals surface area contributed by atoms with Crippen LogP contribution in [0.1, 0.15) is 24.4 Å². The van der Waals surface area contributed by atoms with Crippen molar-refractivity contribution in [3.8, 4) is 11.5 Å². The Balaban J connectivity index is 2.92. The first kappa shape index (κ1) is 13.2. The summed E-state index contributed by atoms with van der Waals surface area (Å²) in [6.45, 7) is 0. The van der Waals surface area contributed by atoms with Crippen LogP contribution in [0.15, 0.2) is 12.1 Å². The number of nitrogens with two attached hydrogens (primary N) is 1. The van der Waals surface area contributed by atoms with E-state index in [1.54, 1.807) is 0 Å². The number of aromatic hydroxyl groups is 1. The monoisotopic (exact) mass is 243 g/mol. The van der Waals surface area contributed by atoms with Crippen LogP contribution in [0.5, 0.6) is 11.5 Å². The number of phenolic OH excluding ortho intramolecular Hbond substituents is 1. The van der Waals surface area contributed by atoms with Gasteiger partial charge in [0.25, 0.3) is 0 Å². The average molecular weight is 243 g/mol. The van der Waals surface area contributed by atoms with Crippen molar-refractivity contribution in [1.82, 2.24) is 0 Å². The summed E-state index contributed by atoms with van der Waals surface area (Å²) in [6.07, 6.45) is -0.0377. The van der Waals surface area contributed by atoms with Crippen molar-refractivity contribution in [3.05, 3.63) is 23.5 Å². The molecule has 0 saturated heterocycles. The number of phenols is 1. The summed E-state index contributed by atoms with van der Waals surface area (Å²) in [5.74, 6) is -1.89. The highest BCUT2D eigenvalue weighted by Gasteiger charge is 2.16. The van der Waals surface area contributed by atoms with Crippen LogP contribution in [0.25, 0.3) is 0 Å². The van der Waals surface area contributed by atoms with Crippen LogP contribution in [0.3, 0.4) is 0 Å². The van der Waals surface area contributed by atoms with Gasteiger partial charge in [0, 0.05) is 24.1 Å². The van der Waals surface area contributed by atoms with Gasteiger partial charge in [-0.05, 0) is 12.5 Å². The molecule has 0 aliphatic heterocycles. The number of carboxylic acid groups (broad SMARTS) is 1. The number of rotatable bonds is 5. The Labute approximate surface area is 97.6 Å². The third-order valence-corrected chi connectivity index (χ3v) is 2.37. The van der Waals surface area contributed by atoms with Gasteiger partial charge in [0.15, 0.2) is 11.5 Å². The van der Waals surface area contributed by atoms with Gasteiger partial charge in [0.05, 0.1) is 7.11 Å². The minimum absolute atomic E-state index is 0.104. The van der Waals surface area contributed by atoms with Crippen molar-refractivity contribution < 1.29 is 24.1 Å². The molecule has 1 unspecified atom stereocenters. The van der Waals surface area contributed by atoms with Gasteiger partial charge in [-0.2, -0.15) is 0 Å². The van der Waals surface area contributed by atoms with Gasteiger partial charge in [-0.1, -0.05) is 0 Å². The highest BCUT2D eigenvalue weighted by molar-refractivity contribution is 5.66. The Hall–Kier alpha value is -1.82. The predicted octanol–water partition coefficient (Wildman–Crippen LogP) is 1.40. The molecule has 4 N–H and O–H groups in total. The quantitative estimate of drug-likeness (QED) is 0.727. The Morgan fingerprint density at radius 2 is 2.24 bits per heavy atom. The number of methoxy groups -OCH3 is 1. The molecule has 1 rings (SSSR count). The third-order valence-electron chi connectivity index (χ3n) is 2.37. The summed E-state index contributed by atoms with van der Waals surface area (Å²) < 4.78 is 18.3. The van der Waals surface area contributed by atoms with E-state index in [1.807, 2.05) is 0 Å². The molecule has 1 atom stereocenters. The summed E-state index contributed by atoms with van der Waals surface area (Å²) in [4.78, 5) is 10.4. The molecule has 94 valence electrons. The Morgan fingerprint density at radius 3 is 2.76 bits per heavy atom. The normalized spacial score (nSPS) is 12.2. The molecular formula is C11H14FNO4. The molecule has 5 nitrogen and oxygen atoms in total. The van der Waals surface area contributed by atoms with Crippen molar-refractivity contribution in [3.63, 3.8) is 0 Å². The maximum atomic E-state index is 13.5. The average Bonchev–Trinajstić information content (AvgIpc) is 2.26. The molecule has 0 amide bonds. The minimum atomic E-state index is -0.994. The van der Waals surface area contributed by atoms with Crippen LogP contribution in [0.2, 0.25) is 0 Å². The second-order valence-corrected chi connectivity index (χ2v) is 3.58. The van der Waals surface area contributed by atoms with Gasteiger partial charge >= 0.3 is 5.97 Å². The van der Waals surface area contributed by atoms with Crippen molar-refractivity contribution in [2.24, 2.45) is 5.73 Å². The molecular weight excluding hydrogens is 229 g/mol. The van der Waals surface area contributed by atoms with E-state index in [1.165, 1.54) is 13.2 Å². The van der Waals surface area contributed by atoms with E-state index >= 15 is 0 Å². The lowest BCUT2D eigenvalue weighted by Crippen LogP contribution is -2.14. The second-order valence-electron chi connectivity index (χ2n) is 3.58. The van der Waals surface area contributed by atoms with Gasteiger partial charge in [-0.3, -0.25) is 4.79 Å². The molecule has 0 heterocycles. The number of carboxylic acids is 1. The molecule has 0 aliphatic carbocycles. The first-order chi connectivity index (χ1) is 7.95. The first-order valence-corrected chi connectivity index (χ1v) is 4.99. The number of carbonyl (C=O) groups is 1. The van der Waals surface area contributed by atoms with Gasteiger partial charge in [0.2, 0.25) is 0 Å². The van der Waals surface area contributed by atoms with E-state index in [0.717, 1.165) is 6.07 Å². The third kappa shape index (κ3) is 3.32. The molecule has 0 aliphatic rings. The maximum Gasteiger partial charge on any atom is 0.303 e. The lowest BCUT2D eigenvalue weighted by molar-refractivity contribution is -0.137. The topological polar surface area (TPSA) is 92.8 Å². The van der Waals surface area contributed by atoms with Crippen LogP contribution in [0.4, 0.5) is 4.39 Å². The molecule has 0 radical (unpaired) electrons. The van der Waals surface area contributed by atoms with Crippen LogP contribution in [-0.4, -0.2) is 23.3 Å². The lowest BCUT2D eigenvalue weighted by atomic mass is 10.0. The second kappa shape index (κ2) is 5.49. The Kier molecular flexibility index (Phi) is 4.28. The van der Waals surface area contributed by atoms with Crippen LogP contribution >= 0.6 is 0 Å². The zero-order valence-corrected chi connectivity index (χ0v) is 9.31. The number of halogens is 1. The standard InChI is InChI=1S/C11H14FNO4/c1-17-10-4-6(7(12)5-9(10)14)8(13)2-3-11(15)16/h4-5,8,14H,2-3,13H2,1H3,(H,15,16). The van der Waals surface area contributed by atoms with Crippen molar-refractivity contribution in [2.45, 2.75) is 18.9 Å². The predicted molar refractivity (Wildman–Crippen MR) is 58.4 cm³/mol. The molecule has 0 spiro atoms. The number of hydrogen-bond acceptors (Lipinski definition) is 4. The fourth-order valence-corrected chi connectivity index (χ4v) is 1.44. The molecule has 0 fully saturated rings. The smallest absolute Gasteiger partial charge is 0.303 e. The highest BCUT2D eigenvalue weighted by atomic mass is 19.1. The number of aliphatic carboxylic acids is 1. The molecule has 1 aromatic carbocycles. The molecule has 6 heteroatoms. The van der Waals surface area contributed by atoms with Crippen molar-refractivity contribution >= 4 is 5.97 Å². The van der Waals surface area contributed by atoms with Gasteiger partial charge in [-0.25, -0.2) is 4.39 Å². The number of ether oxygens (including phenoxy) is 1. The largest absolute Gasteiger partial charge is 0.504 e. The first-order valence-electron chi connectivity index (χ1n) is 4.99. The Bertz CT molecular complexity index is 422. The fourth-order valence-electron chi connectivity index (χ4n) is 1.44. The van der Waals surface area contributed by atoms with E-state index in [9.17, 15) is 14.3 Å².